The number of methoxy groups -OCH3 is 1. The second-order valence-corrected chi connectivity index (χ2v) is 4.25. The van der Waals surface area contributed by atoms with Crippen molar-refractivity contribution in [3.05, 3.63) is 29.6 Å². The van der Waals surface area contributed by atoms with Crippen molar-refractivity contribution in [1.29, 1.82) is 0 Å². The molecule has 3 nitrogen and oxygen atoms in total. The highest BCUT2D eigenvalue weighted by Gasteiger charge is 2.20. The predicted molar refractivity (Wildman–Crippen MR) is 62.9 cm³/mol. The molecule has 0 bridgehead atoms. The van der Waals surface area contributed by atoms with E-state index in [2.05, 4.69) is 5.32 Å². The molecule has 2 rings (SSSR count). The molecule has 1 aromatic carbocycles. The van der Waals surface area contributed by atoms with Crippen molar-refractivity contribution in [1.82, 2.24) is 5.32 Å². The summed E-state index contributed by atoms with van der Waals surface area (Å²) in [4.78, 5) is 11.7. The quantitative estimate of drug-likeness (QED) is 0.770. The summed E-state index contributed by atoms with van der Waals surface area (Å²) in [5.74, 6) is -0.255. The fourth-order valence-electron chi connectivity index (χ4n) is 1.66. The van der Waals surface area contributed by atoms with Gasteiger partial charge >= 0.3 is 0 Å². The van der Waals surface area contributed by atoms with Crippen LogP contribution < -0.4 is 10.1 Å². The summed E-state index contributed by atoms with van der Waals surface area (Å²) in [6.45, 7) is 0.620. The topological polar surface area (TPSA) is 38.3 Å². The monoisotopic (exact) mass is 237 g/mol. The number of Topliss-reactive ketones (excluding diaryl/α,β-unsaturated/α-hetero) is 1. The Morgan fingerprint density at radius 1 is 1.53 bits per heavy atom. The van der Waals surface area contributed by atoms with Gasteiger partial charge in [0.05, 0.1) is 12.7 Å². The van der Waals surface area contributed by atoms with Crippen molar-refractivity contribution < 1.29 is 13.9 Å². The van der Waals surface area contributed by atoms with Gasteiger partial charge in [-0.3, -0.25) is 4.79 Å². The molecule has 1 aromatic rings. The fraction of sp³-hybridized carbons (Fsp3) is 0.462. The van der Waals surface area contributed by atoms with Gasteiger partial charge in [-0.05, 0) is 25.0 Å². The van der Waals surface area contributed by atoms with Crippen LogP contribution in [0.25, 0.3) is 0 Å². The molecule has 0 aromatic heterocycles. The summed E-state index contributed by atoms with van der Waals surface area (Å²) in [5.41, 5.74) is 0.142. The molecule has 1 aliphatic rings. The second kappa shape index (κ2) is 5.27. The smallest absolute Gasteiger partial charge is 0.167 e. The van der Waals surface area contributed by atoms with Crippen molar-refractivity contribution in [3.8, 4) is 5.75 Å². The zero-order chi connectivity index (χ0) is 12.3. The van der Waals surface area contributed by atoms with Gasteiger partial charge in [0.1, 0.15) is 11.6 Å². The highest BCUT2D eigenvalue weighted by atomic mass is 19.1. The average Bonchev–Trinajstić information content (AvgIpc) is 3.12. The van der Waals surface area contributed by atoms with Crippen LogP contribution in [0.4, 0.5) is 4.39 Å². The molecule has 0 saturated heterocycles. The molecule has 0 radical (unpaired) electrons. The number of carbonyl (C=O) groups is 1. The van der Waals surface area contributed by atoms with Crippen molar-refractivity contribution >= 4 is 5.78 Å². The van der Waals surface area contributed by atoms with Gasteiger partial charge in [-0.25, -0.2) is 4.39 Å². The lowest BCUT2D eigenvalue weighted by molar-refractivity contribution is 0.0978. The van der Waals surface area contributed by atoms with Crippen LogP contribution in [0, 0.1) is 5.82 Å². The Bertz CT molecular complexity index is 416. The number of ether oxygens (including phenoxy) is 1. The molecular weight excluding hydrogens is 221 g/mol. The van der Waals surface area contributed by atoms with E-state index in [9.17, 15) is 9.18 Å². The summed E-state index contributed by atoms with van der Waals surface area (Å²) in [6, 6.07) is 4.89. The molecule has 0 atom stereocenters. The molecule has 0 amide bonds. The number of benzene rings is 1. The number of halogens is 1. The third-order valence-electron chi connectivity index (χ3n) is 2.84. The van der Waals surface area contributed by atoms with Crippen molar-refractivity contribution in [2.75, 3.05) is 13.7 Å². The number of nitrogens with one attached hydrogen (secondary N) is 1. The Morgan fingerprint density at radius 2 is 2.29 bits per heavy atom. The van der Waals surface area contributed by atoms with Gasteiger partial charge in [-0.15, -0.1) is 0 Å². The Hall–Kier alpha value is -1.42. The SMILES string of the molecule is COc1ccc(C(=O)CCNC2CC2)c(F)c1. The molecule has 0 aliphatic heterocycles. The number of hydrogen-bond donors (Lipinski definition) is 1. The van der Waals surface area contributed by atoms with Gasteiger partial charge in [0.15, 0.2) is 5.78 Å². The maximum Gasteiger partial charge on any atom is 0.167 e. The van der Waals surface area contributed by atoms with E-state index in [0.29, 0.717) is 24.8 Å². The first-order chi connectivity index (χ1) is 8.20. The summed E-state index contributed by atoms with van der Waals surface area (Å²) in [7, 11) is 1.47. The molecule has 1 N–H and O–H groups in total. The van der Waals surface area contributed by atoms with Crippen LogP contribution in [-0.2, 0) is 0 Å². The second-order valence-electron chi connectivity index (χ2n) is 4.25. The van der Waals surface area contributed by atoms with Gasteiger partial charge in [-0.2, -0.15) is 0 Å². The van der Waals surface area contributed by atoms with E-state index in [4.69, 9.17) is 4.74 Å². The maximum absolute atomic E-state index is 13.6. The molecular formula is C13H16FNO2. The van der Waals surface area contributed by atoms with Crippen LogP contribution in [0.2, 0.25) is 0 Å². The molecule has 1 fully saturated rings. The first-order valence-corrected chi connectivity index (χ1v) is 5.81. The lowest BCUT2D eigenvalue weighted by Crippen LogP contribution is -2.20. The Labute approximate surface area is 100.0 Å². The van der Waals surface area contributed by atoms with E-state index in [1.54, 1.807) is 6.07 Å². The van der Waals surface area contributed by atoms with Crippen molar-refractivity contribution in [2.45, 2.75) is 25.3 Å². The lowest BCUT2D eigenvalue weighted by atomic mass is 10.1. The van der Waals surface area contributed by atoms with Gasteiger partial charge in [0.25, 0.3) is 0 Å². The minimum absolute atomic E-state index is 0.142. The molecule has 4 heteroatoms. The van der Waals surface area contributed by atoms with Crippen LogP contribution in [0.3, 0.4) is 0 Å². The Balaban J connectivity index is 1.92. The minimum atomic E-state index is -0.513. The van der Waals surface area contributed by atoms with Crippen LogP contribution in [0.1, 0.15) is 29.6 Å². The van der Waals surface area contributed by atoms with Crippen LogP contribution in [0.5, 0.6) is 5.75 Å². The minimum Gasteiger partial charge on any atom is -0.497 e. The highest BCUT2D eigenvalue weighted by molar-refractivity contribution is 5.96. The van der Waals surface area contributed by atoms with Gasteiger partial charge in [0.2, 0.25) is 0 Å². The molecule has 92 valence electrons. The summed E-state index contributed by atoms with van der Waals surface area (Å²) in [5, 5.41) is 3.23. The largest absolute Gasteiger partial charge is 0.497 e. The molecule has 1 aliphatic carbocycles. The molecule has 0 unspecified atom stereocenters. The van der Waals surface area contributed by atoms with E-state index in [-0.39, 0.29) is 11.3 Å². The Morgan fingerprint density at radius 3 is 2.88 bits per heavy atom. The maximum atomic E-state index is 13.6. The zero-order valence-corrected chi connectivity index (χ0v) is 9.83. The van der Waals surface area contributed by atoms with E-state index in [1.165, 1.54) is 32.1 Å². The standard InChI is InChI=1S/C13H16FNO2/c1-17-10-4-5-11(12(14)8-10)13(16)6-7-15-9-2-3-9/h4-5,8-9,15H,2-3,6-7H2,1H3. The number of hydrogen-bond acceptors (Lipinski definition) is 3. The summed E-state index contributed by atoms with van der Waals surface area (Å²) >= 11 is 0. The normalized spacial score (nSPS) is 14.7. The lowest BCUT2D eigenvalue weighted by Gasteiger charge is -2.05. The fourth-order valence-corrected chi connectivity index (χ4v) is 1.66. The van der Waals surface area contributed by atoms with Gasteiger partial charge < -0.3 is 10.1 Å². The van der Waals surface area contributed by atoms with Gasteiger partial charge in [0, 0.05) is 25.1 Å². The first kappa shape index (κ1) is 12.0. The molecule has 0 spiro atoms. The van der Waals surface area contributed by atoms with Gasteiger partial charge in [-0.1, -0.05) is 0 Å². The summed E-state index contributed by atoms with van der Waals surface area (Å²) < 4.78 is 18.5. The Kier molecular flexibility index (Phi) is 3.74. The zero-order valence-electron chi connectivity index (χ0n) is 9.83. The number of carbonyl (C=O) groups excluding carboxylic acids is 1. The number of ketones is 1. The third-order valence-corrected chi connectivity index (χ3v) is 2.84. The van der Waals surface area contributed by atoms with Crippen LogP contribution >= 0.6 is 0 Å². The van der Waals surface area contributed by atoms with Crippen molar-refractivity contribution in [3.63, 3.8) is 0 Å². The van der Waals surface area contributed by atoms with E-state index in [1.807, 2.05) is 0 Å². The summed E-state index contributed by atoms with van der Waals surface area (Å²) in [6.07, 6.45) is 2.70. The first-order valence-electron chi connectivity index (χ1n) is 5.81. The molecule has 17 heavy (non-hydrogen) atoms. The van der Waals surface area contributed by atoms with Crippen molar-refractivity contribution in [2.24, 2.45) is 0 Å². The van der Waals surface area contributed by atoms with E-state index in [0.717, 1.165) is 0 Å². The highest BCUT2D eigenvalue weighted by Crippen LogP contribution is 2.19. The predicted octanol–water partition coefficient (Wildman–Crippen LogP) is 2.16. The molecule has 0 heterocycles. The number of rotatable bonds is 6. The third kappa shape index (κ3) is 3.27. The van der Waals surface area contributed by atoms with Crippen LogP contribution in [-0.4, -0.2) is 25.5 Å². The van der Waals surface area contributed by atoms with E-state index < -0.39 is 5.82 Å². The molecule has 1 saturated carbocycles. The van der Waals surface area contributed by atoms with Crippen LogP contribution in [0.15, 0.2) is 18.2 Å². The average molecular weight is 237 g/mol. The van der Waals surface area contributed by atoms with E-state index >= 15 is 0 Å².